The molecule has 0 bridgehead atoms. The number of carbonyl (C=O) groups excluding carboxylic acids is 3. The molecule has 4 N–H and O–H groups in total. The van der Waals surface area contributed by atoms with E-state index in [2.05, 4.69) is 12.1 Å². The van der Waals surface area contributed by atoms with Crippen LogP contribution >= 0.6 is 0 Å². The highest BCUT2D eigenvalue weighted by Crippen LogP contribution is 2.30. The molecule has 0 aliphatic carbocycles. The Kier molecular flexibility index (Phi) is 18.1. The summed E-state index contributed by atoms with van der Waals surface area (Å²) in [6.45, 7) is 6.17. The molecule has 2 saturated heterocycles. The van der Waals surface area contributed by atoms with Crippen LogP contribution in [-0.2, 0) is 15.1 Å². The molecule has 0 atom stereocenters. The van der Waals surface area contributed by atoms with Crippen LogP contribution in [0.2, 0.25) is 0 Å². The molecule has 2 amide bonds. The van der Waals surface area contributed by atoms with Gasteiger partial charge in [-0.05, 0) is 122 Å². The molecular weight excluding hydrogens is 793 g/mol. The van der Waals surface area contributed by atoms with Crippen molar-refractivity contribution in [1.82, 2.24) is 9.80 Å². The molecular formula is C44H48N4O11S. The van der Waals surface area contributed by atoms with Crippen LogP contribution in [0.1, 0.15) is 112 Å². The minimum Gasteiger partial charge on any atom is -0.478 e. The molecule has 0 aromatic heterocycles. The summed E-state index contributed by atoms with van der Waals surface area (Å²) >= 11 is 0. The predicted molar refractivity (Wildman–Crippen MR) is 221 cm³/mol. The number of nitrogens with zero attached hydrogens (tertiary/aromatic N) is 4. The second-order valence-corrected chi connectivity index (χ2v) is 14.8. The van der Waals surface area contributed by atoms with Crippen LogP contribution in [0.5, 0.6) is 0 Å². The number of piperidine rings is 2. The van der Waals surface area contributed by atoms with Crippen LogP contribution in [-0.4, -0.2) is 102 Å². The Morgan fingerprint density at radius 1 is 0.633 bits per heavy atom. The lowest BCUT2D eigenvalue weighted by molar-refractivity contribution is 0.0598. The van der Waals surface area contributed by atoms with E-state index in [1.165, 1.54) is 24.3 Å². The first-order chi connectivity index (χ1) is 28.5. The molecule has 0 saturated carbocycles. The van der Waals surface area contributed by atoms with E-state index in [9.17, 15) is 24.3 Å². The summed E-state index contributed by atoms with van der Waals surface area (Å²) in [6, 6.07) is 29.6. The molecule has 4 aromatic rings. The molecule has 0 radical (unpaired) electrons. The van der Waals surface area contributed by atoms with Gasteiger partial charge in [0.15, 0.2) is 0 Å². The molecule has 16 heteroatoms. The van der Waals surface area contributed by atoms with Gasteiger partial charge in [0.05, 0.1) is 41.5 Å². The first kappa shape index (κ1) is 47.9. The first-order valence-electron chi connectivity index (χ1n) is 18.8. The van der Waals surface area contributed by atoms with Crippen molar-refractivity contribution in [3.05, 3.63) is 141 Å². The number of carboxylic acids is 1. The van der Waals surface area contributed by atoms with E-state index in [0.29, 0.717) is 71.4 Å². The number of hydrogen-bond donors (Lipinski definition) is 4. The lowest BCUT2D eigenvalue weighted by Gasteiger charge is -2.32. The van der Waals surface area contributed by atoms with Crippen molar-refractivity contribution in [1.29, 1.82) is 10.5 Å². The number of aryl methyl sites for hydroxylation is 2. The quantitative estimate of drug-likeness (QED) is 0.125. The zero-order valence-corrected chi connectivity index (χ0v) is 34.6. The summed E-state index contributed by atoms with van der Waals surface area (Å²) in [7, 11) is -2.33. The molecule has 15 nitrogen and oxygen atoms in total. The second-order valence-electron chi connectivity index (χ2n) is 13.9. The van der Waals surface area contributed by atoms with Gasteiger partial charge in [0.1, 0.15) is 0 Å². The largest absolute Gasteiger partial charge is 0.478 e. The molecule has 2 fully saturated rings. The predicted octanol–water partition coefficient (Wildman–Crippen LogP) is 6.21. The highest BCUT2D eigenvalue weighted by Gasteiger charge is 2.27. The minimum atomic E-state index is -4.67. The van der Waals surface area contributed by atoms with Crippen LogP contribution in [0.4, 0.5) is 0 Å². The zero-order chi connectivity index (χ0) is 44.6. The average Bonchev–Trinajstić information content (AvgIpc) is 3.26. The molecule has 2 aliphatic heterocycles. The van der Waals surface area contributed by atoms with Crippen molar-refractivity contribution < 1.29 is 51.7 Å². The number of esters is 1. The molecule has 6 rings (SSSR count). The molecule has 2 aliphatic rings. The number of rotatable bonds is 6. The Bertz CT molecular complexity index is 2310. The third kappa shape index (κ3) is 13.9. The number of aliphatic hydroxyl groups is 1. The summed E-state index contributed by atoms with van der Waals surface area (Å²) in [6.07, 6.45) is 3.48. The molecule has 2 heterocycles. The second kappa shape index (κ2) is 22.6. The number of aromatic carboxylic acids is 1. The normalized spacial score (nSPS) is 13.9. The molecule has 60 heavy (non-hydrogen) atoms. The van der Waals surface area contributed by atoms with Gasteiger partial charge in [0.25, 0.3) is 11.8 Å². The van der Waals surface area contributed by atoms with Crippen LogP contribution in [0.25, 0.3) is 0 Å². The third-order valence-electron chi connectivity index (χ3n) is 10.2. The lowest BCUT2D eigenvalue weighted by Crippen LogP contribution is -2.38. The number of carbonyl (C=O) groups is 4. The summed E-state index contributed by atoms with van der Waals surface area (Å²) in [5.41, 5.74) is 6.68. The summed E-state index contributed by atoms with van der Waals surface area (Å²) < 4.78 is 36.4. The number of aliphatic hydroxyl groups excluding tert-OH is 1. The Balaban J connectivity index is 0.000000278. The molecule has 0 spiro atoms. The summed E-state index contributed by atoms with van der Waals surface area (Å²) in [5.74, 6) is -0.854. The minimum absolute atomic E-state index is 0.0570. The van der Waals surface area contributed by atoms with Gasteiger partial charge < -0.3 is 24.7 Å². The summed E-state index contributed by atoms with van der Waals surface area (Å²) in [4.78, 5) is 52.3. The molecule has 316 valence electrons. The van der Waals surface area contributed by atoms with Crippen LogP contribution in [0.3, 0.4) is 0 Å². The maximum absolute atomic E-state index is 12.8. The van der Waals surface area contributed by atoms with Crippen molar-refractivity contribution >= 4 is 34.2 Å². The fourth-order valence-corrected chi connectivity index (χ4v) is 6.93. The SMILES string of the molecule is CO.COC(=O)c1cc(C(=O)N2CCC(c3ccc(C#N)cc3)CC2)ccc1C.Cc1ccc(C(=O)N2CCC(c3ccc(C#N)cc3)CC2)cc1C(=O)O.O=S(=O)(O)O. The van der Waals surface area contributed by atoms with Gasteiger partial charge in [-0.15, -0.1) is 0 Å². The number of carboxylic acid groups (broad SMARTS) is 1. The standard InChI is InChI=1S/C22H22N2O3.C21H20N2O3.CH4O.H2O4S/c1-15-3-6-19(13-20(15)22(26)27-2)21(25)24-11-9-18(10-12-24)17-7-4-16(14-23)5-8-17;1-14-2-5-18(12-19(14)21(25)26)20(24)23-10-8-17(9-11-23)16-6-3-15(13-22)4-7-16;1-2;1-5(2,3)4/h3-8,13,18H,9-12H2,1-2H3;2-7,12,17H,8-11H2,1H3,(H,25,26);2H,1H3;(H2,1,2,3,4). The van der Waals surface area contributed by atoms with Gasteiger partial charge in [0, 0.05) is 44.4 Å². The van der Waals surface area contributed by atoms with Gasteiger partial charge >= 0.3 is 22.3 Å². The van der Waals surface area contributed by atoms with Crippen molar-refractivity contribution in [2.24, 2.45) is 0 Å². The van der Waals surface area contributed by atoms with Crippen molar-refractivity contribution in [2.75, 3.05) is 40.4 Å². The Labute approximate surface area is 349 Å². The number of nitriles is 2. The number of benzene rings is 4. The smallest absolute Gasteiger partial charge is 0.394 e. The number of methoxy groups -OCH3 is 1. The van der Waals surface area contributed by atoms with Gasteiger partial charge in [0.2, 0.25) is 0 Å². The number of likely N-dealkylation sites (tertiary alicyclic amines) is 2. The van der Waals surface area contributed by atoms with Crippen molar-refractivity contribution in [2.45, 2.75) is 51.4 Å². The number of ether oxygens (including phenoxy) is 1. The Morgan fingerprint density at radius 3 is 1.28 bits per heavy atom. The third-order valence-corrected chi connectivity index (χ3v) is 10.2. The summed E-state index contributed by atoms with van der Waals surface area (Å²) in [5, 5.41) is 34.0. The van der Waals surface area contributed by atoms with Gasteiger partial charge in [-0.3, -0.25) is 18.7 Å². The Hall–Kier alpha value is -6.43. The van der Waals surface area contributed by atoms with Crippen molar-refractivity contribution in [3.63, 3.8) is 0 Å². The van der Waals surface area contributed by atoms with Gasteiger partial charge in [-0.25, -0.2) is 9.59 Å². The van der Waals surface area contributed by atoms with Gasteiger partial charge in [-0.1, -0.05) is 36.4 Å². The van der Waals surface area contributed by atoms with Crippen LogP contribution < -0.4 is 0 Å². The van der Waals surface area contributed by atoms with E-state index in [1.807, 2.05) is 60.4 Å². The monoisotopic (exact) mass is 840 g/mol. The van der Waals surface area contributed by atoms with E-state index < -0.39 is 22.3 Å². The number of amides is 2. The maximum atomic E-state index is 12.8. The van der Waals surface area contributed by atoms with E-state index in [4.69, 9.17) is 37.9 Å². The first-order valence-corrected chi connectivity index (χ1v) is 20.2. The zero-order valence-electron chi connectivity index (χ0n) is 33.7. The fraction of sp³-hybridized carbons (Fsp3) is 0.318. The van der Waals surface area contributed by atoms with E-state index in [1.54, 1.807) is 42.2 Å². The Morgan fingerprint density at radius 2 is 0.967 bits per heavy atom. The molecule has 4 aromatic carbocycles. The van der Waals surface area contributed by atoms with Crippen LogP contribution in [0, 0.1) is 36.5 Å². The fourth-order valence-electron chi connectivity index (χ4n) is 6.93. The lowest BCUT2D eigenvalue weighted by atomic mass is 9.89. The highest BCUT2D eigenvalue weighted by atomic mass is 32.3. The number of hydrogen-bond acceptors (Lipinski definition) is 10. The van der Waals surface area contributed by atoms with E-state index >= 15 is 0 Å². The van der Waals surface area contributed by atoms with E-state index in [-0.39, 0.29) is 17.4 Å². The average molecular weight is 841 g/mol. The topological polar surface area (TPSA) is 247 Å². The molecule has 0 unspecified atom stereocenters. The van der Waals surface area contributed by atoms with Crippen molar-refractivity contribution in [3.8, 4) is 12.1 Å². The van der Waals surface area contributed by atoms with E-state index in [0.717, 1.165) is 38.4 Å². The highest BCUT2D eigenvalue weighted by molar-refractivity contribution is 7.79. The maximum Gasteiger partial charge on any atom is 0.394 e. The van der Waals surface area contributed by atoms with Crippen LogP contribution in [0.15, 0.2) is 84.9 Å². The van der Waals surface area contributed by atoms with Gasteiger partial charge in [-0.2, -0.15) is 18.9 Å².